The highest BCUT2D eigenvalue weighted by atomic mass is 16.5. The van der Waals surface area contributed by atoms with E-state index in [1.165, 1.54) is 0 Å². The molecule has 242 valence electrons. The lowest BCUT2D eigenvalue weighted by Gasteiger charge is -2.45. The maximum atomic E-state index is 13.6. The number of hydrogen-bond acceptors (Lipinski definition) is 6. The van der Waals surface area contributed by atoms with E-state index >= 15 is 0 Å². The molecule has 2 aliphatic rings. The van der Waals surface area contributed by atoms with E-state index in [0.717, 1.165) is 58.4 Å². The molecule has 0 bridgehead atoms. The number of benzene rings is 4. The van der Waals surface area contributed by atoms with Gasteiger partial charge in [0, 0.05) is 47.8 Å². The summed E-state index contributed by atoms with van der Waals surface area (Å²) in [5.41, 5.74) is 2.72. The lowest BCUT2D eigenvalue weighted by Crippen LogP contribution is -2.59. The summed E-state index contributed by atoms with van der Waals surface area (Å²) in [6.45, 7) is 17.2. The Balaban J connectivity index is 1.28. The number of fused-ring (bicyclic) bond motifs is 2. The Morgan fingerprint density at radius 2 is 1.04 bits per heavy atom. The number of esters is 2. The van der Waals surface area contributed by atoms with E-state index in [1.807, 2.05) is 54.6 Å². The van der Waals surface area contributed by atoms with Crippen LogP contribution in [-0.4, -0.2) is 46.3 Å². The average Bonchev–Trinajstić information content (AvgIpc) is 2.92. The third kappa shape index (κ3) is 6.84. The first-order valence-electron chi connectivity index (χ1n) is 16.6. The largest absolute Gasteiger partial charge is 0.459 e. The summed E-state index contributed by atoms with van der Waals surface area (Å²) >= 11 is 0. The van der Waals surface area contributed by atoms with Crippen LogP contribution in [0.4, 0.5) is 0 Å². The number of carbonyl (C=O) groups excluding carboxylic acids is 2. The zero-order chi connectivity index (χ0) is 33.1. The second-order valence-electron chi connectivity index (χ2n) is 16.1. The van der Waals surface area contributed by atoms with Crippen LogP contribution in [0.15, 0.2) is 72.8 Å². The van der Waals surface area contributed by atoms with Gasteiger partial charge in [-0.05, 0) is 106 Å². The predicted molar refractivity (Wildman–Crippen MR) is 186 cm³/mol. The van der Waals surface area contributed by atoms with Crippen LogP contribution in [0.3, 0.4) is 0 Å². The summed E-state index contributed by atoms with van der Waals surface area (Å²) in [7, 11) is 0. The zero-order valence-electron chi connectivity index (χ0n) is 28.5. The Kier molecular flexibility index (Phi) is 8.05. The van der Waals surface area contributed by atoms with Gasteiger partial charge in [0.2, 0.25) is 0 Å². The number of hydrogen-bond donors (Lipinski definition) is 2. The van der Waals surface area contributed by atoms with E-state index < -0.39 is 0 Å². The van der Waals surface area contributed by atoms with Gasteiger partial charge in [-0.1, -0.05) is 54.6 Å². The van der Waals surface area contributed by atoms with Gasteiger partial charge in [-0.15, -0.1) is 0 Å². The molecular weight excluding hydrogens is 572 g/mol. The van der Waals surface area contributed by atoms with Crippen molar-refractivity contribution in [1.82, 2.24) is 10.6 Å². The Labute approximate surface area is 273 Å². The zero-order valence-corrected chi connectivity index (χ0v) is 28.5. The number of nitrogens with one attached hydrogen (secondary N) is 2. The highest BCUT2D eigenvalue weighted by Gasteiger charge is 2.40. The van der Waals surface area contributed by atoms with Gasteiger partial charge < -0.3 is 20.1 Å². The van der Waals surface area contributed by atoms with Crippen molar-refractivity contribution in [1.29, 1.82) is 0 Å². The van der Waals surface area contributed by atoms with Crippen LogP contribution < -0.4 is 10.6 Å². The predicted octanol–water partition coefficient (Wildman–Crippen LogP) is 8.59. The van der Waals surface area contributed by atoms with Crippen LogP contribution in [0.5, 0.6) is 0 Å². The quantitative estimate of drug-likeness (QED) is 0.218. The molecule has 0 unspecified atom stereocenters. The van der Waals surface area contributed by atoms with Gasteiger partial charge in [0.05, 0.1) is 11.1 Å². The molecule has 0 aromatic heterocycles. The monoisotopic (exact) mass is 620 g/mol. The molecule has 0 aliphatic carbocycles. The molecule has 4 aromatic carbocycles. The smallest absolute Gasteiger partial charge is 0.339 e. The fraction of sp³-hybridized carbons (Fsp3) is 0.450. The van der Waals surface area contributed by atoms with Crippen LogP contribution in [0.2, 0.25) is 0 Å². The first-order valence-corrected chi connectivity index (χ1v) is 16.6. The Morgan fingerprint density at radius 3 is 1.63 bits per heavy atom. The van der Waals surface area contributed by atoms with Crippen LogP contribution in [0.1, 0.15) is 102 Å². The van der Waals surface area contributed by atoms with Crippen molar-refractivity contribution < 1.29 is 19.1 Å². The van der Waals surface area contributed by atoms with Gasteiger partial charge in [-0.3, -0.25) is 0 Å². The summed E-state index contributed by atoms with van der Waals surface area (Å²) in [6.07, 6.45) is 2.75. The molecule has 4 aromatic rings. The third-order valence-electron chi connectivity index (χ3n) is 9.40. The standard InChI is InChI=1S/C40H48N2O4/c1-37(2)21-27(22-38(3,4)41-37)45-35(43)26-18-19-29-25(20-26)12-9-13-30(29)31-14-10-16-33-32(31)15-11-17-34(33)36(44)46-28-23-39(5,6)42-40(7,8)24-28/h9-20,27-28,41-42H,21-24H2,1-8H3. The molecule has 6 heteroatoms. The van der Waals surface area contributed by atoms with Gasteiger partial charge >= 0.3 is 11.9 Å². The number of carbonyl (C=O) groups is 2. The Morgan fingerprint density at radius 1 is 0.565 bits per heavy atom. The maximum Gasteiger partial charge on any atom is 0.339 e. The van der Waals surface area contributed by atoms with E-state index in [4.69, 9.17) is 9.47 Å². The van der Waals surface area contributed by atoms with Crippen LogP contribution in [-0.2, 0) is 9.47 Å². The fourth-order valence-corrected chi connectivity index (χ4v) is 8.43. The van der Waals surface area contributed by atoms with Gasteiger partial charge in [-0.2, -0.15) is 0 Å². The highest BCUT2D eigenvalue weighted by molar-refractivity contribution is 6.12. The minimum absolute atomic E-state index is 0.110. The molecular formula is C40H48N2O4. The minimum Gasteiger partial charge on any atom is -0.459 e. The fourth-order valence-electron chi connectivity index (χ4n) is 8.43. The molecule has 2 heterocycles. The van der Waals surface area contributed by atoms with Gasteiger partial charge in [-0.25, -0.2) is 9.59 Å². The van der Waals surface area contributed by atoms with Crippen LogP contribution in [0, 0.1) is 0 Å². The molecule has 2 saturated heterocycles. The SMILES string of the molecule is CC1(C)CC(OC(=O)c2ccc3c(-c4cccc5c(C(=O)OC6CC(C)(C)NC(C)(C)C6)cccc45)cccc3c2)CC(C)(C)N1. The van der Waals surface area contributed by atoms with Crippen LogP contribution >= 0.6 is 0 Å². The third-order valence-corrected chi connectivity index (χ3v) is 9.40. The molecule has 0 spiro atoms. The molecule has 2 N–H and O–H groups in total. The number of rotatable bonds is 5. The number of piperidine rings is 2. The van der Waals surface area contributed by atoms with Crippen LogP contribution in [0.25, 0.3) is 32.7 Å². The maximum absolute atomic E-state index is 13.6. The summed E-state index contributed by atoms with van der Waals surface area (Å²) in [4.78, 5) is 27.0. The van der Waals surface area contributed by atoms with Crippen molar-refractivity contribution in [3.63, 3.8) is 0 Å². The van der Waals surface area contributed by atoms with E-state index in [1.54, 1.807) is 0 Å². The molecule has 6 nitrogen and oxygen atoms in total. The van der Waals surface area contributed by atoms with E-state index in [0.29, 0.717) is 11.1 Å². The summed E-state index contributed by atoms with van der Waals surface area (Å²) < 4.78 is 12.2. The molecule has 0 atom stereocenters. The first kappa shape index (κ1) is 32.2. The van der Waals surface area contributed by atoms with Crippen molar-refractivity contribution >= 4 is 33.5 Å². The molecule has 46 heavy (non-hydrogen) atoms. The molecule has 0 saturated carbocycles. The molecule has 2 aliphatic heterocycles. The van der Waals surface area contributed by atoms with E-state index in [9.17, 15) is 9.59 Å². The summed E-state index contributed by atoms with van der Waals surface area (Å²) in [5, 5.41) is 11.1. The van der Waals surface area contributed by atoms with Crippen molar-refractivity contribution in [3.8, 4) is 11.1 Å². The van der Waals surface area contributed by atoms with Gasteiger partial charge in [0.15, 0.2) is 0 Å². The minimum atomic E-state index is -0.292. The van der Waals surface area contributed by atoms with Crippen molar-refractivity contribution in [2.24, 2.45) is 0 Å². The lowest BCUT2D eigenvalue weighted by atomic mass is 9.81. The van der Waals surface area contributed by atoms with Crippen molar-refractivity contribution in [2.45, 2.75) is 115 Å². The molecule has 0 amide bonds. The number of ether oxygens (including phenoxy) is 2. The van der Waals surface area contributed by atoms with Crippen molar-refractivity contribution in [3.05, 3.63) is 83.9 Å². The highest BCUT2D eigenvalue weighted by Crippen LogP contribution is 2.37. The van der Waals surface area contributed by atoms with Crippen molar-refractivity contribution in [2.75, 3.05) is 0 Å². The first-order chi connectivity index (χ1) is 21.5. The van der Waals surface area contributed by atoms with E-state index in [-0.39, 0.29) is 46.3 Å². The molecule has 0 radical (unpaired) electrons. The Bertz CT molecular complexity index is 1790. The second kappa shape index (κ2) is 11.5. The Hall–Kier alpha value is -3.74. The molecule has 2 fully saturated rings. The second-order valence-corrected chi connectivity index (χ2v) is 16.1. The topological polar surface area (TPSA) is 76.7 Å². The summed E-state index contributed by atoms with van der Waals surface area (Å²) in [5.74, 6) is -0.581. The summed E-state index contributed by atoms with van der Waals surface area (Å²) in [6, 6.07) is 23.9. The average molecular weight is 621 g/mol. The lowest BCUT2D eigenvalue weighted by molar-refractivity contribution is -0.00756. The van der Waals surface area contributed by atoms with E-state index in [2.05, 4.69) is 84.2 Å². The normalized spacial score (nSPS) is 20.8. The molecule has 6 rings (SSSR count). The van der Waals surface area contributed by atoms with Gasteiger partial charge in [0.25, 0.3) is 0 Å². The van der Waals surface area contributed by atoms with Gasteiger partial charge in [0.1, 0.15) is 12.2 Å².